The lowest BCUT2D eigenvalue weighted by Crippen LogP contribution is -2.33. The summed E-state index contributed by atoms with van der Waals surface area (Å²) in [5.74, 6) is 0.130. The van der Waals surface area contributed by atoms with E-state index in [1.165, 1.54) is 11.1 Å². The highest BCUT2D eigenvalue weighted by atomic mass is 16.1. The minimum absolute atomic E-state index is 0.130. The summed E-state index contributed by atoms with van der Waals surface area (Å²) >= 11 is 0. The average molecular weight is 262 g/mol. The van der Waals surface area contributed by atoms with Crippen LogP contribution in [0.1, 0.15) is 44.7 Å². The maximum atomic E-state index is 11.6. The van der Waals surface area contributed by atoms with Crippen molar-refractivity contribution < 1.29 is 4.79 Å². The lowest BCUT2D eigenvalue weighted by molar-refractivity contribution is -0.121. The van der Waals surface area contributed by atoms with Crippen molar-refractivity contribution in [3.63, 3.8) is 0 Å². The molecule has 0 aliphatic carbocycles. The molecule has 1 aromatic rings. The fourth-order valence-corrected chi connectivity index (χ4v) is 1.95. The molecule has 106 valence electrons. The predicted octanol–water partition coefficient (Wildman–Crippen LogP) is 2.64. The summed E-state index contributed by atoms with van der Waals surface area (Å²) in [6.07, 6.45) is 2.56. The molecule has 1 amide bonds. The maximum absolute atomic E-state index is 11.6. The zero-order valence-corrected chi connectivity index (χ0v) is 12.3. The third kappa shape index (κ3) is 5.88. The SMILES string of the molecule is CCc1ccccc1CNCCC(=O)NC(C)CC. The number of carbonyl (C=O) groups is 1. The molecule has 0 aliphatic heterocycles. The van der Waals surface area contributed by atoms with Gasteiger partial charge in [-0.3, -0.25) is 4.79 Å². The fourth-order valence-electron chi connectivity index (χ4n) is 1.95. The van der Waals surface area contributed by atoms with Crippen LogP contribution in [-0.2, 0) is 17.8 Å². The van der Waals surface area contributed by atoms with Crippen LogP contribution < -0.4 is 10.6 Å². The summed E-state index contributed by atoms with van der Waals surface area (Å²) in [6.45, 7) is 7.83. The van der Waals surface area contributed by atoms with E-state index >= 15 is 0 Å². The molecule has 1 atom stereocenters. The third-order valence-corrected chi connectivity index (χ3v) is 3.36. The normalized spacial score (nSPS) is 12.2. The van der Waals surface area contributed by atoms with Gasteiger partial charge in [-0.1, -0.05) is 38.1 Å². The molecule has 1 unspecified atom stereocenters. The van der Waals surface area contributed by atoms with Gasteiger partial charge in [-0.25, -0.2) is 0 Å². The molecule has 2 N–H and O–H groups in total. The van der Waals surface area contributed by atoms with E-state index in [2.05, 4.69) is 48.7 Å². The maximum Gasteiger partial charge on any atom is 0.221 e. The first-order valence-corrected chi connectivity index (χ1v) is 7.24. The van der Waals surface area contributed by atoms with Gasteiger partial charge in [0.1, 0.15) is 0 Å². The number of hydrogen-bond acceptors (Lipinski definition) is 2. The zero-order valence-electron chi connectivity index (χ0n) is 12.3. The van der Waals surface area contributed by atoms with Crippen LogP contribution in [-0.4, -0.2) is 18.5 Å². The Morgan fingerprint density at radius 2 is 1.89 bits per heavy atom. The summed E-state index contributed by atoms with van der Waals surface area (Å²) in [4.78, 5) is 11.6. The van der Waals surface area contributed by atoms with E-state index < -0.39 is 0 Å². The van der Waals surface area contributed by atoms with Crippen LogP contribution in [0.2, 0.25) is 0 Å². The molecule has 0 aromatic heterocycles. The van der Waals surface area contributed by atoms with Crippen molar-refractivity contribution >= 4 is 5.91 Å². The Morgan fingerprint density at radius 1 is 1.21 bits per heavy atom. The lowest BCUT2D eigenvalue weighted by atomic mass is 10.1. The second kappa shape index (κ2) is 8.70. The van der Waals surface area contributed by atoms with Gasteiger partial charge in [-0.2, -0.15) is 0 Å². The molecule has 1 aromatic carbocycles. The van der Waals surface area contributed by atoms with Crippen LogP contribution in [0.25, 0.3) is 0 Å². The zero-order chi connectivity index (χ0) is 14.1. The van der Waals surface area contributed by atoms with Crippen LogP contribution in [0.4, 0.5) is 0 Å². The molecule has 3 heteroatoms. The molecule has 19 heavy (non-hydrogen) atoms. The fraction of sp³-hybridized carbons (Fsp3) is 0.562. The van der Waals surface area contributed by atoms with E-state index in [0.29, 0.717) is 6.42 Å². The molecular weight excluding hydrogens is 236 g/mol. The van der Waals surface area contributed by atoms with Gasteiger partial charge in [0.05, 0.1) is 0 Å². The summed E-state index contributed by atoms with van der Waals surface area (Å²) in [5, 5.41) is 6.31. The van der Waals surface area contributed by atoms with E-state index in [1.54, 1.807) is 0 Å². The molecule has 0 saturated carbocycles. The smallest absolute Gasteiger partial charge is 0.221 e. The molecule has 0 spiro atoms. The van der Waals surface area contributed by atoms with Crippen LogP contribution in [0.5, 0.6) is 0 Å². The van der Waals surface area contributed by atoms with Gasteiger partial charge < -0.3 is 10.6 Å². The van der Waals surface area contributed by atoms with E-state index in [1.807, 2.05) is 6.92 Å². The van der Waals surface area contributed by atoms with Gasteiger partial charge in [0.15, 0.2) is 0 Å². The number of rotatable bonds is 8. The van der Waals surface area contributed by atoms with Crippen molar-refractivity contribution in [2.75, 3.05) is 6.54 Å². The predicted molar refractivity (Wildman–Crippen MR) is 80.0 cm³/mol. The van der Waals surface area contributed by atoms with Crippen LogP contribution in [0.3, 0.4) is 0 Å². The Hall–Kier alpha value is -1.35. The highest BCUT2D eigenvalue weighted by Crippen LogP contribution is 2.08. The Bertz CT molecular complexity index is 390. The average Bonchev–Trinajstić information content (AvgIpc) is 2.43. The summed E-state index contributed by atoms with van der Waals surface area (Å²) in [6, 6.07) is 8.71. The van der Waals surface area contributed by atoms with Gasteiger partial charge in [0.2, 0.25) is 5.91 Å². The number of benzene rings is 1. The van der Waals surface area contributed by atoms with E-state index in [4.69, 9.17) is 0 Å². The number of nitrogens with one attached hydrogen (secondary N) is 2. The van der Waals surface area contributed by atoms with Crippen molar-refractivity contribution in [2.24, 2.45) is 0 Å². The molecule has 0 radical (unpaired) electrons. The van der Waals surface area contributed by atoms with Gasteiger partial charge in [0.25, 0.3) is 0 Å². The van der Waals surface area contributed by atoms with E-state index in [0.717, 1.165) is 25.9 Å². The number of aryl methyl sites for hydroxylation is 1. The van der Waals surface area contributed by atoms with Gasteiger partial charge >= 0.3 is 0 Å². The Labute approximate surface area is 116 Å². The highest BCUT2D eigenvalue weighted by molar-refractivity contribution is 5.76. The first-order valence-electron chi connectivity index (χ1n) is 7.24. The topological polar surface area (TPSA) is 41.1 Å². The molecule has 1 rings (SSSR count). The van der Waals surface area contributed by atoms with Crippen molar-refractivity contribution in [1.29, 1.82) is 0 Å². The second-order valence-corrected chi connectivity index (χ2v) is 4.93. The number of amides is 1. The molecule has 0 bridgehead atoms. The van der Waals surface area contributed by atoms with Gasteiger partial charge in [-0.15, -0.1) is 0 Å². The van der Waals surface area contributed by atoms with E-state index in [9.17, 15) is 4.79 Å². The van der Waals surface area contributed by atoms with Crippen molar-refractivity contribution in [1.82, 2.24) is 10.6 Å². The van der Waals surface area contributed by atoms with Gasteiger partial charge in [0, 0.05) is 25.6 Å². The Morgan fingerprint density at radius 3 is 2.53 bits per heavy atom. The summed E-state index contributed by atoms with van der Waals surface area (Å²) in [7, 11) is 0. The van der Waals surface area contributed by atoms with Crippen molar-refractivity contribution in [3.05, 3.63) is 35.4 Å². The molecule has 0 fully saturated rings. The molecule has 0 heterocycles. The third-order valence-electron chi connectivity index (χ3n) is 3.36. The number of hydrogen-bond donors (Lipinski definition) is 2. The summed E-state index contributed by atoms with van der Waals surface area (Å²) in [5.41, 5.74) is 2.70. The molecule has 3 nitrogen and oxygen atoms in total. The van der Waals surface area contributed by atoms with Crippen molar-refractivity contribution in [3.8, 4) is 0 Å². The Balaban J connectivity index is 2.25. The van der Waals surface area contributed by atoms with Crippen LogP contribution >= 0.6 is 0 Å². The van der Waals surface area contributed by atoms with E-state index in [-0.39, 0.29) is 11.9 Å². The molecule has 0 saturated heterocycles. The molecular formula is C16H26N2O. The first-order chi connectivity index (χ1) is 9.17. The first kappa shape index (κ1) is 15.7. The standard InChI is InChI=1S/C16H26N2O/c1-4-13(3)18-16(19)10-11-17-12-15-9-7-6-8-14(15)5-2/h6-9,13,17H,4-5,10-12H2,1-3H3,(H,18,19). The van der Waals surface area contributed by atoms with Gasteiger partial charge in [-0.05, 0) is 30.9 Å². The highest BCUT2D eigenvalue weighted by Gasteiger charge is 2.05. The van der Waals surface area contributed by atoms with Crippen LogP contribution in [0, 0.1) is 0 Å². The number of carbonyl (C=O) groups excluding carboxylic acids is 1. The van der Waals surface area contributed by atoms with Crippen LogP contribution in [0.15, 0.2) is 24.3 Å². The largest absolute Gasteiger partial charge is 0.354 e. The summed E-state index contributed by atoms with van der Waals surface area (Å²) < 4.78 is 0. The molecule has 0 aliphatic rings. The minimum atomic E-state index is 0.130. The lowest BCUT2D eigenvalue weighted by Gasteiger charge is -2.12. The second-order valence-electron chi connectivity index (χ2n) is 4.93. The quantitative estimate of drug-likeness (QED) is 0.707. The monoisotopic (exact) mass is 262 g/mol. The van der Waals surface area contributed by atoms with Crippen molar-refractivity contribution in [2.45, 2.75) is 52.6 Å². The Kier molecular flexibility index (Phi) is 7.19. The minimum Gasteiger partial charge on any atom is -0.354 e.